The van der Waals surface area contributed by atoms with Gasteiger partial charge in [-0.15, -0.1) is 10.2 Å². The smallest absolute Gasteiger partial charge is 0.254 e. The van der Waals surface area contributed by atoms with E-state index in [1.807, 2.05) is 4.57 Å². The highest BCUT2D eigenvalue weighted by atomic mass is 19.1. The molecule has 6 nitrogen and oxygen atoms in total. The van der Waals surface area contributed by atoms with E-state index in [4.69, 9.17) is 4.74 Å². The molecule has 0 bridgehead atoms. The first-order valence-corrected chi connectivity index (χ1v) is 8.21. The van der Waals surface area contributed by atoms with E-state index in [0.29, 0.717) is 26.1 Å². The Morgan fingerprint density at radius 2 is 1.92 bits per heavy atom. The van der Waals surface area contributed by atoms with Crippen LogP contribution in [0.2, 0.25) is 0 Å². The fourth-order valence-electron chi connectivity index (χ4n) is 3.15. The molecule has 1 aliphatic rings. The average Bonchev–Trinajstić information content (AvgIpc) is 3.07. The summed E-state index contributed by atoms with van der Waals surface area (Å²) in [6, 6.07) is 3.10. The van der Waals surface area contributed by atoms with Gasteiger partial charge in [-0.3, -0.25) is 4.79 Å². The number of carbonyl (C=O) groups excluding carboxylic acids is 1. The van der Waals surface area contributed by atoms with Gasteiger partial charge in [0.1, 0.15) is 23.8 Å². The molecule has 0 N–H and O–H groups in total. The van der Waals surface area contributed by atoms with E-state index in [-0.39, 0.29) is 17.5 Å². The topological polar surface area (TPSA) is 60.3 Å². The number of ether oxygens (including phenoxy) is 1. The van der Waals surface area contributed by atoms with Gasteiger partial charge in [-0.05, 0) is 25.0 Å². The number of amides is 1. The SMILES string of the molecule is COCCc1nncn1C1CCN(C(=O)c2cc(F)cc(F)c2)CC1. The van der Waals surface area contributed by atoms with Crippen LogP contribution < -0.4 is 0 Å². The molecule has 0 atom stereocenters. The Balaban J connectivity index is 1.64. The fraction of sp³-hybridized carbons (Fsp3) is 0.471. The van der Waals surface area contributed by atoms with Crippen LogP contribution in [0.15, 0.2) is 24.5 Å². The van der Waals surface area contributed by atoms with E-state index in [0.717, 1.165) is 36.9 Å². The molecule has 1 aromatic heterocycles. The van der Waals surface area contributed by atoms with Crippen LogP contribution in [0.25, 0.3) is 0 Å². The summed E-state index contributed by atoms with van der Waals surface area (Å²) >= 11 is 0. The van der Waals surface area contributed by atoms with E-state index in [1.165, 1.54) is 0 Å². The van der Waals surface area contributed by atoms with Gasteiger partial charge in [-0.25, -0.2) is 8.78 Å². The van der Waals surface area contributed by atoms with Crippen molar-refractivity contribution in [1.82, 2.24) is 19.7 Å². The molecule has 8 heteroatoms. The number of nitrogens with zero attached hydrogens (tertiary/aromatic N) is 4. The number of carbonyl (C=O) groups is 1. The molecule has 1 aliphatic heterocycles. The lowest BCUT2D eigenvalue weighted by Gasteiger charge is -2.33. The van der Waals surface area contributed by atoms with Gasteiger partial charge in [0.15, 0.2) is 0 Å². The standard InChI is InChI=1S/C17H20F2N4O2/c1-25-7-4-16-21-20-11-23(16)15-2-5-22(6-3-15)17(24)12-8-13(18)10-14(19)9-12/h8-11,15H,2-7H2,1H3. The summed E-state index contributed by atoms with van der Waals surface area (Å²) in [7, 11) is 1.64. The zero-order valence-corrected chi connectivity index (χ0v) is 14.0. The molecule has 0 saturated carbocycles. The van der Waals surface area contributed by atoms with E-state index in [2.05, 4.69) is 10.2 Å². The van der Waals surface area contributed by atoms with Crippen molar-refractivity contribution >= 4 is 5.91 Å². The second-order valence-electron chi connectivity index (χ2n) is 6.08. The van der Waals surface area contributed by atoms with E-state index < -0.39 is 11.6 Å². The normalized spacial score (nSPS) is 15.6. The number of methoxy groups -OCH3 is 1. The van der Waals surface area contributed by atoms with Gasteiger partial charge >= 0.3 is 0 Å². The average molecular weight is 350 g/mol. The molecule has 25 heavy (non-hydrogen) atoms. The summed E-state index contributed by atoms with van der Waals surface area (Å²) in [4.78, 5) is 14.1. The maximum Gasteiger partial charge on any atom is 0.254 e. The minimum absolute atomic E-state index is 0.0426. The second-order valence-corrected chi connectivity index (χ2v) is 6.08. The summed E-state index contributed by atoms with van der Waals surface area (Å²) in [5, 5.41) is 8.08. The monoisotopic (exact) mass is 350 g/mol. The molecular weight excluding hydrogens is 330 g/mol. The molecule has 0 spiro atoms. The minimum atomic E-state index is -0.745. The van der Waals surface area contributed by atoms with Crippen molar-refractivity contribution in [3.05, 3.63) is 47.5 Å². The highest BCUT2D eigenvalue weighted by Gasteiger charge is 2.26. The van der Waals surface area contributed by atoms with Crippen LogP contribution in [-0.2, 0) is 11.2 Å². The lowest BCUT2D eigenvalue weighted by atomic mass is 10.0. The van der Waals surface area contributed by atoms with Crippen molar-refractivity contribution in [2.24, 2.45) is 0 Å². The first-order valence-electron chi connectivity index (χ1n) is 8.21. The zero-order valence-electron chi connectivity index (χ0n) is 14.0. The van der Waals surface area contributed by atoms with Crippen molar-refractivity contribution < 1.29 is 18.3 Å². The molecule has 2 aromatic rings. The molecule has 1 amide bonds. The first-order chi connectivity index (χ1) is 12.1. The highest BCUT2D eigenvalue weighted by molar-refractivity contribution is 5.94. The van der Waals surface area contributed by atoms with Crippen LogP contribution in [0.1, 0.15) is 35.1 Å². The van der Waals surface area contributed by atoms with Crippen molar-refractivity contribution in [2.45, 2.75) is 25.3 Å². The van der Waals surface area contributed by atoms with Crippen molar-refractivity contribution in [3.63, 3.8) is 0 Å². The van der Waals surface area contributed by atoms with Gasteiger partial charge in [0.25, 0.3) is 5.91 Å². The van der Waals surface area contributed by atoms with Crippen LogP contribution in [-0.4, -0.2) is 52.4 Å². The molecule has 0 unspecified atom stereocenters. The Labute approximate surface area is 144 Å². The van der Waals surface area contributed by atoms with Crippen LogP contribution in [0, 0.1) is 11.6 Å². The van der Waals surface area contributed by atoms with Gasteiger partial charge < -0.3 is 14.2 Å². The quantitative estimate of drug-likeness (QED) is 0.830. The summed E-state index contributed by atoms with van der Waals surface area (Å²) in [6.07, 6.45) is 3.86. The van der Waals surface area contributed by atoms with Crippen LogP contribution >= 0.6 is 0 Å². The Morgan fingerprint density at radius 1 is 1.24 bits per heavy atom. The lowest BCUT2D eigenvalue weighted by Crippen LogP contribution is -2.39. The molecule has 2 heterocycles. The molecule has 1 fully saturated rings. The number of piperidine rings is 1. The van der Waals surface area contributed by atoms with Crippen LogP contribution in [0.3, 0.4) is 0 Å². The Bertz CT molecular complexity index is 722. The molecule has 0 aliphatic carbocycles. The van der Waals surface area contributed by atoms with E-state index in [9.17, 15) is 13.6 Å². The summed E-state index contributed by atoms with van der Waals surface area (Å²) in [6.45, 7) is 1.61. The van der Waals surface area contributed by atoms with Gasteiger partial charge in [0.05, 0.1) is 6.61 Å². The third-order valence-corrected chi connectivity index (χ3v) is 4.43. The van der Waals surface area contributed by atoms with E-state index >= 15 is 0 Å². The number of benzene rings is 1. The lowest BCUT2D eigenvalue weighted by molar-refractivity contribution is 0.0692. The van der Waals surface area contributed by atoms with Gasteiger partial charge in [0.2, 0.25) is 0 Å². The van der Waals surface area contributed by atoms with Gasteiger partial charge in [-0.1, -0.05) is 0 Å². The minimum Gasteiger partial charge on any atom is -0.384 e. The Kier molecular flexibility index (Phi) is 5.37. The Hall–Kier alpha value is -2.35. The first kappa shape index (κ1) is 17.5. The molecular formula is C17H20F2N4O2. The number of hydrogen-bond donors (Lipinski definition) is 0. The van der Waals surface area contributed by atoms with Crippen molar-refractivity contribution in [3.8, 4) is 0 Å². The maximum absolute atomic E-state index is 13.3. The fourth-order valence-corrected chi connectivity index (χ4v) is 3.15. The predicted molar refractivity (Wildman–Crippen MR) is 86.1 cm³/mol. The molecule has 3 rings (SSSR count). The largest absolute Gasteiger partial charge is 0.384 e. The van der Waals surface area contributed by atoms with Gasteiger partial charge in [0, 0.05) is 44.3 Å². The number of aromatic nitrogens is 3. The van der Waals surface area contributed by atoms with Gasteiger partial charge in [-0.2, -0.15) is 0 Å². The third-order valence-electron chi connectivity index (χ3n) is 4.43. The summed E-state index contributed by atoms with van der Waals surface area (Å²) < 4.78 is 33.7. The van der Waals surface area contributed by atoms with Crippen molar-refractivity contribution in [1.29, 1.82) is 0 Å². The number of likely N-dealkylation sites (tertiary alicyclic amines) is 1. The zero-order chi connectivity index (χ0) is 17.8. The molecule has 1 saturated heterocycles. The maximum atomic E-state index is 13.3. The second kappa shape index (κ2) is 7.69. The third kappa shape index (κ3) is 4.01. The number of halogens is 2. The summed E-state index contributed by atoms with van der Waals surface area (Å²) in [5.41, 5.74) is 0.0426. The van der Waals surface area contributed by atoms with Crippen LogP contribution in [0.5, 0.6) is 0 Å². The number of hydrogen-bond acceptors (Lipinski definition) is 4. The van der Waals surface area contributed by atoms with Crippen LogP contribution in [0.4, 0.5) is 8.78 Å². The number of rotatable bonds is 5. The Morgan fingerprint density at radius 3 is 2.56 bits per heavy atom. The molecule has 1 aromatic carbocycles. The summed E-state index contributed by atoms with van der Waals surface area (Å²) in [5.74, 6) is -0.977. The highest BCUT2D eigenvalue weighted by Crippen LogP contribution is 2.25. The predicted octanol–water partition coefficient (Wildman–Crippen LogP) is 2.22. The molecule has 134 valence electrons. The molecule has 0 radical (unpaired) electrons. The van der Waals surface area contributed by atoms with E-state index in [1.54, 1.807) is 18.3 Å². The van der Waals surface area contributed by atoms with Crippen molar-refractivity contribution in [2.75, 3.05) is 26.8 Å².